The number of fused-ring (bicyclic) bond motifs is 1. The number of carboxylic acids is 1. The zero-order valence-electron chi connectivity index (χ0n) is 10.4. The Balaban J connectivity index is 1.95. The molecule has 0 radical (unpaired) electrons. The standard InChI is InChI=1S/C13H17NO4/c1-14(5-4-13(15)16)9-10-2-3-11-12(8-10)18-7-6-17-11/h2-3,8H,4-7,9H2,1H3,(H,15,16). The van der Waals surface area contributed by atoms with Crippen molar-refractivity contribution >= 4 is 5.97 Å². The summed E-state index contributed by atoms with van der Waals surface area (Å²) < 4.78 is 11.0. The van der Waals surface area contributed by atoms with Crippen LogP contribution in [0.25, 0.3) is 0 Å². The van der Waals surface area contributed by atoms with E-state index in [1.54, 1.807) is 0 Å². The van der Waals surface area contributed by atoms with E-state index >= 15 is 0 Å². The minimum atomic E-state index is -1.00. The van der Waals surface area contributed by atoms with E-state index in [2.05, 4.69) is 0 Å². The van der Waals surface area contributed by atoms with Crippen LogP contribution < -0.4 is 19.5 Å². The molecule has 2 rings (SSSR count). The first kappa shape index (κ1) is 12.7. The molecule has 1 aliphatic rings. The number of ether oxygens (including phenoxy) is 2. The number of carbonyl (C=O) groups is 1. The van der Waals surface area contributed by atoms with Gasteiger partial charge in [-0.2, -0.15) is 0 Å². The van der Waals surface area contributed by atoms with Crippen LogP contribution in [0.3, 0.4) is 0 Å². The van der Waals surface area contributed by atoms with E-state index in [-0.39, 0.29) is 6.42 Å². The van der Waals surface area contributed by atoms with Gasteiger partial charge in [0.25, 0.3) is 0 Å². The van der Waals surface area contributed by atoms with Crippen molar-refractivity contribution in [3.8, 4) is 11.5 Å². The summed E-state index contributed by atoms with van der Waals surface area (Å²) in [5.41, 5.74) is 1.11. The van der Waals surface area contributed by atoms with Crippen LogP contribution in [0.5, 0.6) is 11.5 Å². The average Bonchev–Trinajstić information content (AvgIpc) is 2.36. The maximum absolute atomic E-state index is 10.4. The van der Waals surface area contributed by atoms with Crippen molar-refractivity contribution in [1.82, 2.24) is 0 Å². The number of carboxylic acid groups (broad SMARTS) is 1. The number of rotatable bonds is 5. The largest absolute Gasteiger partial charge is 0.550 e. The van der Waals surface area contributed by atoms with Crippen LogP contribution in [-0.4, -0.2) is 32.8 Å². The normalized spacial score (nSPS) is 15.2. The molecular formula is C13H17NO4. The van der Waals surface area contributed by atoms with Crippen molar-refractivity contribution < 1.29 is 24.3 Å². The van der Waals surface area contributed by atoms with Crippen LogP contribution in [0.2, 0.25) is 0 Å². The SMILES string of the molecule is C[NH+](CCC(=O)[O-])Cc1ccc2c(c1)OCCO2. The average molecular weight is 251 g/mol. The number of benzene rings is 1. The molecule has 5 heteroatoms. The van der Waals surface area contributed by atoms with E-state index in [1.165, 1.54) is 0 Å². The van der Waals surface area contributed by atoms with Crippen LogP contribution in [0.1, 0.15) is 12.0 Å². The van der Waals surface area contributed by atoms with Gasteiger partial charge in [0.2, 0.25) is 0 Å². The Kier molecular flexibility index (Phi) is 4.04. The zero-order valence-corrected chi connectivity index (χ0v) is 10.4. The van der Waals surface area contributed by atoms with Crippen LogP contribution in [0.4, 0.5) is 0 Å². The number of hydrogen-bond donors (Lipinski definition) is 1. The topological polar surface area (TPSA) is 63.0 Å². The molecule has 1 atom stereocenters. The fraction of sp³-hybridized carbons (Fsp3) is 0.462. The van der Waals surface area contributed by atoms with Crippen molar-refractivity contribution in [2.24, 2.45) is 0 Å². The van der Waals surface area contributed by atoms with E-state index < -0.39 is 5.97 Å². The Labute approximate surface area is 106 Å². The third-order valence-corrected chi connectivity index (χ3v) is 2.87. The van der Waals surface area contributed by atoms with Crippen LogP contribution >= 0.6 is 0 Å². The summed E-state index contributed by atoms with van der Waals surface area (Å²) in [5.74, 6) is 0.542. The van der Waals surface area contributed by atoms with E-state index in [0.29, 0.717) is 19.8 Å². The molecule has 0 spiro atoms. The maximum atomic E-state index is 10.4. The highest BCUT2D eigenvalue weighted by atomic mass is 16.6. The summed E-state index contributed by atoms with van der Waals surface area (Å²) >= 11 is 0. The first-order valence-electron chi connectivity index (χ1n) is 6.05. The fourth-order valence-electron chi connectivity index (χ4n) is 1.95. The van der Waals surface area contributed by atoms with Gasteiger partial charge in [-0.3, -0.25) is 0 Å². The molecule has 1 aromatic carbocycles. The van der Waals surface area contributed by atoms with Gasteiger partial charge in [0.1, 0.15) is 19.8 Å². The lowest BCUT2D eigenvalue weighted by Gasteiger charge is -2.20. The van der Waals surface area contributed by atoms with Crippen LogP contribution in [-0.2, 0) is 11.3 Å². The molecule has 98 valence electrons. The molecule has 0 aromatic heterocycles. The van der Waals surface area contributed by atoms with Crippen LogP contribution in [0, 0.1) is 0 Å². The highest BCUT2D eigenvalue weighted by Gasteiger charge is 2.13. The minimum Gasteiger partial charge on any atom is -0.550 e. The van der Waals surface area contributed by atoms with E-state index in [1.807, 2.05) is 25.2 Å². The highest BCUT2D eigenvalue weighted by molar-refractivity contribution is 5.64. The lowest BCUT2D eigenvalue weighted by molar-refractivity contribution is -0.893. The van der Waals surface area contributed by atoms with Gasteiger partial charge in [0.05, 0.1) is 13.6 Å². The Bertz CT molecular complexity index is 433. The highest BCUT2D eigenvalue weighted by Crippen LogP contribution is 2.30. The Morgan fingerprint density at radius 2 is 2.06 bits per heavy atom. The van der Waals surface area contributed by atoms with Gasteiger partial charge >= 0.3 is 0 Å². The van der Waals surface area contributed by atoms with Crippen molar-refractivity contribution in [2.45, 2.75) is 13.0 Å². The number of carbonyl (C=O) groups excluding carboxylic acids is 1. The van der Waals surface area contributed by atoms with Crippen molar-refractivity contribution in [3.05, 3.63) is 23.8 Å². The molecule has 1 N–H and O–H groups in total. The summed E-state index contributed by atoms with van der Waals surface area (Å²) in [4.78, 5) is 11.5. The molecule has 1 heterocycles. The van der Waals surface area contributed by atoms with Crippen LogP contribution in [0.15, 0.2) is 18.2 Å². The summed E-state index contributed by atoms with van der Waals surface area (Å²) in [6, 6.07) is 5.84. The monoisotopic (exact) mass is 251 g/mol. The first-order chi connectivity index (χ1) is 8.65. The van der Waals surface area contributed by atoms with Crippen molar-refractivity contribution in [1.29, 1.82) is 0 Å². The predicted molar refractivity (Wildman–Crippen MR) is 62.5 cm³/mol. The Hall–Kier alpha value is -1.75. The molecule has 1 unspecified atom stereocenters. The molecule has 1 aliphatic heterocycles. The number of aliphatic carboxylic acids is 1. The molecule has 0 aliphatic carbocycles. The second kappa shape index (κ2) is 5.73. The number of quaternary nitrogens is 1. The van der Waals surface area contributed by atoms with Gasteiger partial charge in [-0.15, -0.1) is 0 Å². The van der Waals surface area contributed by atoms with Gasteiger partial charge in [-0.05, 0) is 18.2 Å². The summed E-state index contributed by atoms with van der Waals surface area (Å²) in [6.07, 6.45) is 0.0797. The first-order valence-corrected chi connectivity index (χ1v) is 6.05. The smallest absolute Gasteiger partial charge is 0.161 e. The summed E-state index contributed by atoms with van der Waals surface area (Å²) in [7, 11) is 1.96. The van der Waals surface area contributed by atoms with Crippen molar-refractivity contribution in [2.75, 3.05) is 26.8 Å². The van der Waals surface area contributed by atoms with Crippen molar-refractivity contribution in [3.63, 3.8) is 0 Å². The number of nitrogens with one attached hydrogen (secondary N) is 1. The molecule has 0 bridgehead atoms. The Morgan fingerprint density at radius 3 is 2.78 bits per heavy atom. The van der Waals surface area contributed by atoms with E-state index in [0.717, 1.165) is 28.5 Å². The predicted octanol–water partition coefficient (Wildman–Crippen LogP) is -1.39. The molecule has 0 fully saturated rings. The minimum absolute atomic E-state index is 0.0797. The summed E-state index contributed by atoms with van der Waals surface area (Å²) in [6.45, 7) is 2.47. The molecule has 0 saturated carbocycles. The molecule has 0 amide bonds. The molecular weight excluding hydrogens is 234 g/mol. The van der Waals surface area contributed by atoms with Gasteiger partial charge in [-0.25, -0.2) is 0 Å². The molecule has 5 nitrogen and oxygen atoms in total. The lowest BCUT2D eigenvalue weighted by Crippen LogP contribution is -3.07. The maximum Gasteiger partial charge on any atom is 0.161 e. The van der Waals surface area contributed by atoms with Gasteiger partial charge in [0.15, 0.2) is 11.5 Å². The van der Waals surface area contributed by atoms with Gasteiger partial charge in [0, 0.05) is 18.0 Å². The number of hydrogen-bond acceptors (Lipinski definition) is 4. The quantitative estimate of drug-likeness (QED) is 0.700. The summed E-state index contributed by atoms with van der Waals surface area (Å²) in [5, 5.41) is 10.4. The van der Waals surface area contributed by atoms with E-state index in [4.69, 9.17) is 9.47 Å². The molecule has 0 saturated heterocycles. The van der Waals surface area contributed by atoms with Gasteiger partial charge < -0.3 is 24.3 Å². The second-order valence-electron chi connectivity index (χ2n) is 4.48. The third kappa shape index (κ3) is 3.37. The molecule has 18 heavy (non-hydrogen) atoms. The fourth-order valence-corrected chi connectivity index (χ4v) is 1.95. The second-order valence-corrected chi connectivity index (χ2v) is 4.48. The lowest BCUT2D eigenvalue weighted by atomic mass is 10.2. The zero-order chi connectivity index (χ0) is 13.0. The third-order valence-electron chi connectivity index (χ3n) is 2.87. The van der Waals surface area contributed by atoms with Gasteiger partial charge in [-0.1, -0.05) is 0 Å². The van der Waals surface area contributed by atoms with E-state index in [9.17, 15) is 9.90 Å². The Morgan fingerprint density at radius 1 is 1.33 bits per heavy atom. The molecule has 1 aromatic rings.